The number of carbonyl (C=O) groups is 1. The second-order valence-corrected chi connectivity index (χ2v) is 6.76. The highest BCUT2D eigenvalue weighted by molar-refractivity contribution is 9.10. The van der Waals surface area contributed by atoms with Crippen LogP contribution in [-0.4, -0.2) is 11.0 Å². The van der Waals surface area contributed by atoms with Crippen LogP contribution in [0.5, 0.6) is 0 Å². The lowest BCUT2D eigenvalue weighted by atomic mass is 10.1. The van der Waals surface area contributed by atoms with Crippen LogP contribution < -0.4 is 5.11 Å². The number of halogens is 2. The Morgan fingerprint density at radius 3 is 2.78 bits per heavy atom. The third-order valence-corrected chi connectivity index (χ3v) is 4.91. The van der Waals surface area contributed by atoms with Crippen molar-refractivity contribution in [1.82, 2.24) is 4.98 Å². The summed E-state index contributed by atoms with van der Waals surface area (Å²) in [5, 5.41) is 11.7. The number of nitrogens with zero attached hydrogens (tertiary/aromatic N) is 1. The maximum absolute atomic E-state index is 13.3. The number of hydrogen-bond donors (Lipinski definition) is 0. The zero-order chi connectivity index (χ0) is 16.4. The highest BCUT2D eigenvalue weighted by Gasteiger charge is 2.10. The molecule has 0 saturated heterocycles. The van der Waals surface area contributed by atoms with E-state index in [4.69, 9.17) is 0 Å². The van der Waals surface area contributed by atoms with Crippen LogP contribution in [0.2, 0.25) is 0 Å². The molecule has 0 unspecified atom stereocenters. The Morgan fingerprint density at radius 1 is 1.30 bits per heavy atom. The van der Waals surface area contributed by atoms with E-state index in [0.717, 1.165) is 10.2 Å². The molecule has 0 radical (unpaired) electrons. The van der Waals surface area contributed by atoms with E-state index < -0.39 is 5.97 Å². The van der Waals surface area contributed by atoms with Crippen molar-refractivity contribution in [3.8, 4) is 0 Å². The third kappa shape index (κ3) is 3.65. The molecule has 0 saturated carbocycles. The summed E-state index contributed by atoms with van der Waals surface area (Å²) in [5.74, 6) is -1.56. The summed E-state index contributed by atoms with van der Waals surface area (Å²) >= 11 is 4.54. The van der Waals surface area contributed by atoms with E-state index in [-0.39, 0.29) is 12.2 Å². The molecule has 23 heavy (non-hydrogen) atoms. The first kappa shape index (κ1) is 15.8. The van der Waals surface area contributed by atoms with Gasteiger partial charge >= 0.3 is 0 Å². The van der Waals surface area contributed by atoms with Crippen molar-refractivity contribution >= 4 is 55.1 Å². The molecule has 6 heteroatoms. The normalized spacial score (nSPS) is 11.8. The number of carboxylic acids is 1. The number of thiazole rings is 1. The fraction of sp³-hybridized carbons (Fsp3) is 0.0588. The zero-order valence-corrected chi connectivity index (χ0v) is 14.2. The van der Waals surface area contributed by atoms with E-state index in [2.05, 4.69) is 20.9 Å². The van der Waals surface area contributed by atoms with Crippen LogP contribution in [0.3, 0.4) is 0 Å². The van der Waals surface area contributed by atoms with Crippen LogP contribution in [0.4, 0.5) is 4.39 Å². The highest BCUT2D eigenvalue weighted by atomic mass is 79.9. The fourth-order valence-corrected chi connectivity index (χ4v) is 3.53. The van der Waals surface area contributed by atoms with Gasteiger partial charge in [0.2, 0.25) is 0 Å². The second kappa shape index (κ2) is 6.60. The van der Waals surface area contributed by atoms with Crippen LogP contribution in [0.15, 0.2) is 46.9 Å². The second-order valence-electron chi connectivity index (χ2n) is 4.88. The molecule has 0 aliphatic carbocycles. The molecule has 3 rings (SSSR count). The van der Waals surface area contributed by atoms with E-state index in [0.29, 0.717) is 20.6 Å². The van der Waals surface area contributed by atoms with Gasteiger partial charge in [-0.15, -0.1) is 11.3 Å². The number of hydrogen-bond acceptors (Lipinski definition) is 4. The Kier molecular flexibility index (Phi) is 4.54. The van der Waals surface area contributed by atoms with Crippen molar-refractivity contribution in [2.45, 2.75) is 6.42 Å². The summed E-state index contributed by atoms with van der Waals surface area (Å²) in [6, 6.07) is 12.1. The van der Waals surface area contributed by atoms with Gasteiger partial charge in [0.15, 0.2) is 0 Å². The van der Waals surface area contributed by atoms with Gasteiger partial charge in [0.25, 0.3) is 0 Å². The van der Waals surface area contributed by atoms with Gasteiger partial charge < -0.3 is 9.90 Å². The number of carbonyl (C=O) groups excluding carboxylic acids is 1. The molecule has 0 atom stereocenters. The third-order valence-electron chi connectivity index (χ3n) is 3.19. The van der Waals surface area contributed by atoms with Crippen LogP contribution in [0, 0.1) is 5.82 Å². The van der Waals surface area contributed by atoms with Gasteiger partial charge in [-0.05, 0) is 57.4 Å². The molecule has 3 aromatic rings. The van der Waals surface area contributed by atoms with Crippen molar-refractivity contribution in [1.29, 1.82) is 0 Å². The first-order chi connectivity index (χ1) is 11.0. The predicted molar refractivity (Wildman–Crippen MR) is 91.2 cm³/mol. The molecule has 3 nitrogen and oxygen atoms in total. The SMILES string of the molecule is O=C([O-])C/C(=C\c1ccc(F)c(Br)c1)c1nc2ccccc2s1. The lowest BCUT2D eigenvalue weighted by molar-refractivity contribution is -0.304. The van der Waals surface area contributed by atoms with Gasteiger partial charge in [-0.3, -0.25) is 0 Å². The molecule has 2 aromatic carbocycles. The lowest BCUT2D eigenvalue weighted by Crippen LogP contribution is -2.22. The molecular weight excluding hydrogens is 381 g/mol. The smallest absolute Gasteiger partial charge is 0.137 e. The van der Waals surface area contributed by atoms with Crippen LogP contribution in [-0.2, 0) is 4.79 Å². The van der Waals surface area contributed by atoms with Crippen LogP contribution >= 0.6 is 27.3 Å². The van der Waals surface area contributed by atoms with Gasteiger partial charge in [0.1, 0.15) is 10.8 Å². The molecule has 116 valence electrons. The zero-order valence-electron chi connectivity index (χ0n) is 11.8. The van der Waals surface area contributed by atoms with E-state index in [1.807, 2.05) is 24.3 Å². The number of rotatable bonds is 4. The standard InChI is InChI=1S/C17H11BrFNO2S/c18-12-8-10(5-6-13(12)19)7-11(9-16(21)22)17-20-14-3-1-2-4-15(14)23-17/h1-8H,9H2,(H,21,22)/p-1/b11-7+. The Labute approximate surface area is 144 Å². The van der Waals surface area contributed by atoms with Gasteiger partial charge in [0.05, 0.1) is 14.7 Å². The monoisotopic (exact) mass is 390 g/mol. The number of aromatic nitrogens is 1. The van der Waals surface area contributed by atoms with Crippen molar-refractivity contribution in [3.63, 3.8) is 0 Å². The van der Waals surface area contributed by atoms with E-state index in [1.165, 1.54) is 17.4 Å². The van der Waals surface area contributed by atoms with Crippen molar-refractivity contribution in [3.05, 3.63) is 63.3 Å². The first-order valence-corrected chi connectivity index (χ1v) is 8.35. The first-order valence-electron chi connectivity index (χ1n) is 6.74. The minimum absolute atomic E-state index is 0.255. The average molecular weight is 391 g/mol. The van der Waals surface area contributed by atoms with Gasteiger partial charge in [-0.2, -0.15) is 0 Å². The maximum Gasteiger partial charge on any atom is 0.137 e. The maximum atomic E-state index is 13.3. The molecule has 0 fully saturated rings. The summed E-state index contributed by atoms with van der Waals surface area (Å²) in [6.45, 7) is 0. The Morgan fingerprint density at radius 2 is 2.09 bits per heavy atom. The Balaban J connectivity index is 2.07. The summed E-state index contributed by atoms with van der Waals surface area (Å²) in [6.07, 6.45) is 1.44. The minimum atomic E-state index is -1.18. The summed E-state index contributed by atoms with van der Waals surface area (Å²) < 4.78 is 14.6. The average Bonchev–Trinajstić information content (AvgIpc) is 2.94. The molecule has 0 bridgehead atoms. The molecule has 0 aliphatic heterocycles. The molecule has 0 spiro atoms. The largest absolute Gasteiger partial charge is 0.550 e. The molecule has 0 N–H and O–H groups in total. The fourth-order valence-electron chi connectivity index (χ4n) is 2.16. The lowest BCUT2D eigenvalue weighted by Gasteiger charge is -2.06. The van der Waals surface area contributed by atoms with E-state index in [1.54, 1.807) is 18.2 Å². The molecule has 0 amide bonds. The molecule has 0 aliphatic rings. The number of para-hydroxylation sites is 1. The van der Waals surface area contributed by atoms with Gasteiger partial charge in [0, 0.05) is 12.4 Å². The van der Waals surface area contributed by atoms with Crippen molar-refractivity contribution < 1.29 is 14.3 Å². The van der Waals surface area contributed by atoms with E-state index >= 15 is 0 Å². The predicted octanol–water partition coefficient (Wildman–Crippen LogP) is 3.88. The van der Waals surface area contributed by atoms with Crippen molar-refractivity contribution in [2.24, 2.45) is 0 Å². The molecular formula is C17H10BrFNO2S-. The number of benzene rings is 2. The quantitative estimate of drug-likeness (QED) is 0.679. The molecule has 1 heterocycles. The van der Waals surface area contributed by atoms with Crippen LogP contribution in [0.1, 0.15) is 17.0 Å². The summed E-state index contributed by atoms with van der Waals surface area (Å²) in [4.78, 5) is 15.5. The summed E-state index contributed by atoms with van der Waals surface area (Å²) in [5.41, 5.74) is 2.04. The van der Waals surface area contributed by atoms with Crippen LogP contribution in [0.25, 0.3) is 21.9 Å². The van der Waals surface area contributed by atoms with Crippen molar-refractivity contribution in [2.75, 3.05) is 0 Å². The minimum Gasteiger partial charge on any atom is -0.550 e. The topological polar surface area (TPSA) is 53.0 Å². The molecule has 1 aromatic heterocycles. The van der Waals surface area contributed by atoms with Gasteiger partial charge in [-0.1, -0.05) is 18.2 Å². The number of fused-ring (bicyclic) bond motifs is 1. The van der Waals surface area contributed by atoms with E-state index in [9.17, 15) is 14.3 Å². The number of carboxylic acid groups (broad SMARTS) is 1. The summed E-state index contributed by atoms with van der Waals surface area (Å²) in [7, 11) is 0. The Hall–Kier alpha value is -2.05. The Bertz CT molecular complexity index is 887. The van der Waals surface area contributed by atoms with Gasteiger partial charge in [-0.25, -0.2) is 9.37 Å². The highest BCUT2D eigenvalue weighted by Crippen LogP contribution is 2.30. The number of aliphatic carboxylic acids is 1.